The molecule has 0 radical (unpaired) electrons. The van der Waals surface area contributed by atoms with Crippen LogP contribution >= 0.6 is 0 Å². The minimum Gasteiger partial charge on any atom is -0.332 e. The summed E-state index contributed by atoms with van der Waals surface area (Å²) in [5.41, 5.74) is 1.14. The molecule has 1 aromatic carbocycles. The van der Waals surface area contributed by atoms with Gasteiger partial charge in [0.1, 0.15) is 0 Å². The average Bonchev–Trinajstić information content (AvgIpc) is 2.50. The van der Waals surface area contributed by atoms with Crippen molar-refractivity contribution in [2.45, 2.75) is 19.9 Å². The van der Waals surface area contributed by atoms with Crippen LogP contribution in [0.1, 0.15) is 25.5 Å². The molecule has 0 aliphatic carbocycles. The van der Waals surface area contributed by atoms with Crippen LogP contribution in [0.2, 0.25) is 0 Å². The largest absolute Gasteiger partial charge is 0.332 e. The molecular formula is C16H23N3O2. The Labute approximate surface area is 125 Å². The number of nitrogens with zero attached hydrogens (tertiary/aromatic N) is 2. The monoisotopic (exact) mass is 289 g/mol. The third-order valence-corrected chi connectivity index (χ3v) is 3.79. The van der Waals surface area contributed by atoms with Gasteiger partial charge in [-0.15, -0.1) is 0 Å². The second kappa shape index (κ2) is 7.22. The highest BCUT2D eigenvalue weighted by Gasteiger charge is 2.30. The minimum atomic E-state index is 0.0234. The second-order valence-electron chi connectivity index (χ2n) is 5.20. The summed E-state index contributed by atoms with van der Waals surface area (Å²) in [7, 11) is 0. The van der Waals surface area contributed by atoms with Gasteiger partial charge in [-0.1, -0.05) is 37.3 Å². The molecule has 1 N–H and O–H groups in total. The summed E-state index contributed by atoms with van der Waals surface area (Å²) in [4.78, 5) is 27.4. The maximum atomic E-state index is 12.2. The van der Waals surface area contributed by atoms with E-state index < -0.39 is 0 Å². The third kappa shape index (κ3) is 3.82. The Hall–Kier alpha value is -1.88. The number of likely N-dealkylation sites (N-methyl/N-ethyl adjacent to an activating group) is 2. The van der Waals surface area contributed by atoms with Crippen LogP contribution in [0.25, 0.3) is 0 Å². The number of amides is 2. The number of carbonyl (C=O) groups is 2. The number of hydrogen-bond donors (Lipinski definition) is 1. The topological polar surface area (TPSA) is 52.7 Å². The third-order valence-electron chi connectivity index (χ3n) is 3.79. The lowest BCUT2D eigenvalue weighted by atomic mass is 10.1. The maximum absolute atomic E-state index is 12.2. The van der Waals surface area contributed by atoms with Crippen LogP contribution in [0.15, 0.2) is 30.3 Å². The number of carbonyl (C=O) groups excluding carboxylic acids is 2. The van der Waals surface area contributed by atoms with E-state index in [2.05, 4.69) is 5.32 Å². The van der Waals surface area contributed by atoms with Crippen LogP contribution in [0.5, 0.6) is 0 Å². The number of benzene rings is 1. The van der Waals surface area contributed by atoms with Crippen LogP contribution in [0.3, 0.4) is 0 Å². The molecule has 0 spiro atoms. The quantitative estimate of drug-likeness (QED) is 0.851. The zero-order valence-electron chi connectivity index (χ0n) is 12.7. The van der Waals surface area contributed by atoms with Crippen LogP contribution in [0.4, 0.5) is 0 Å². The van der Waals surface area contributed by atoms with Gasteiger partial charge in [0.15, 0.2) is 0 Å². The highest BCUT2D eigenvalue weighted by molar-refractivity contribution is 5.92. The maximum Gasteiger partial charge on any atom is 0.242 e. The van der Waals surface area contributed by atoms with E-state index in [0.717, 1.165) is 12.1 Å². The fourth-order valence-corrected chi connectivity index (χ4v) is 2.60. The van der Waals surface area contributed by atoms with Gasteiger partial charge < -0.3 is 15.1 Å². The summed E-state index contributed by atoms with van der Waals surface area (Å²) in [6, 6.07) is 10.1. The number of rotatable bonds is 6. The lowest BCUT2D eigenvalue weighted by molar-refractivity contribution is -0.150. The predicted octanol–water partition coefficient (Wildman–Crippen LogP) is 1.03. The summed E-state index contributed by atoms with van der Waals surface area (Å²) in [6.07, 6.45) is 0. The van der Waals surface area contributed by atoms with Gasteiger partial charge >= 0.3 is 0 Å². The first-order valence-corrected chi connectivity index (χ1v) is 7.49. The highest BCUT2D eigenvalue weighted by Crippen LogP contribution is 2.16. The number of nitrogens with one attached hydrogen (secondary N) is 1. The SMILES string of the molecule is CCNC(CN1CC(=O)N(CC)CC1=O)c1ccccc1. The summed E-state index contributed by atoms with van der Waals surface area (Å²) < 4.78 is 0. The lowest BCUT2D eigenvalue weighted by Gasteiger charge is -2.35. The van der Waals surface area contributed by atoms with E-state index >= 15 is 0 Å². The molecule has 2 rings (SSSR count). The van der Waals surface area contributed by atoms with E-state index in [0.29, 0.717) is 13.1 Å². The van der Waals surface area contributed by atoms with Gasteiger partial charge in [0, 0.05) is 19.1 Å². The smallest absolute Gasteiger partial charge is 0.242 e. The normalized spacial score (nSPS) is 17.2. The van der Waals surface area contributed by atoms with Gasteiger partial charge in [-0.3, -0.25) is 9.59 Å². The predicted molar refractivity (Wildman–Crippen MR) is 81.7 cm³/mol. The van der Waals surface area contributed by atoms with Crippen molar-refractivity contribution in [1.29, 1.82) is 0 Å². The molecule has 0 saturated carbocycles. The van der Waals surface area contributed by atoms with Crippen molar-refractivity contribution in [1.82, 2.24) is 15.1 Å². The molecule has 0 bridgehead atoms. The zero-order chi connectivity index (χ0) is 15.2. The molecule has 1 unspecified atom stereocenters. The first kappa shape index (κ1) is 15.5. The standard InChI is InChI=1S/C16H23N3O2/c1-3-17-14(13-8-6-5-7-9-13)10-19-12-15(20)18(4-2)11-16(19)21/h5-9,14,17H,3-4,10-12H2,1-2H3. The second-order valence-corrected chi connectivity index (χ2v) is 5.20. The van der Waals surface area contributed by atoms with Gasteiger partial charge in [0.25, 0.3) is 0 Å². The molecule has 1 heterocycles. The highest BCUT2D eigenvalue weighted by atomic mass is 16.2. The van der Waals surface area contributed by atoms with Gasteiger partial charge in [-0.2, -0.15) is 0 Å². The van der Waals surface area contributed by atoms with Gasteiger partial charge in [-0.05, 0) is 19.0 Å². The molecule has 1 aliphatic heterocycles. The van der Waals surface area contributed by atoms with E-state index in [1.807, 2.05) is 44.2 Å². The van der Waals surface area contributed by atoms with Crippen molar-refractivity contribution >= 4 is 11.8 Å². The van der Waals surface area contributed by atoms with Crippen LogP contribution in [-0.2, 0) is 9.59 Å². The average molecular weight is 289 g/mol. The van der Waals surface area contributed by atoms with Crippen LogP contribution in [0, 0.1) is 0 Å². The van der Waals surface area contributed by atoms with E-state index in [-0.39, 0.29) is 30.9 Å². The summed E-state index contributed by atoms with van der Waals surface area (Å²) in [5, 5.41) is 3.39. The molecule has 2 amide bonds. The Bertz CT molecular complexity index is 490. The Kier molecular flexibility index (Phi) is 5.33. The van der Waals surface area contributed by atoms with Crippen molar-refractivity contribution < 1.29 is 9.59 Å². The van der Waals surface area contributed by atoms with Crippen molar-refractivity contribution in [3.8, 4) is 0 Å². The van der Waals surface area contributed by atoms with E-state index in [1.165, 1.54) is 0 Å². The van der Waals surface area contributed by atoms with Gasteiger partial charge in [-0.25, -0.2) is 0 Å². The minimum absolute atomic E-state index is 0.0234. The summed E-state index contributed by atoms with van der Waals surface area (Å²) in [5.74, 6) is 0.0516. The fourth-order valence-electron chi connectivity index (χ4n) is 2.60. The molecule has 1 fully saturated rings. The van der Waals surface area contributed by atoms with Gasteiger partial charge in [0.2, 0.25) is 11.8 Å². The molecule has 114 valence electrons. The molecule has 1 saturated heterocycles. The van der Waals surface area contributed by atoms with Crippen molar-refractivity contribution in [2.75, 3.05) is 32.7 Å². The van der Waals surface area contributed by atoms with Crippen molar-refractivity contribution in [3.63, 3.8) is 0 Å². The van der Waals surface area contributed by atoms with E-state index in [9.17, 15) is 9.59 Å². The van der Waals surface area contributed by atoms with E-state index in [4.69, 9.17) is 0 Å². The Balaban J connectivity index is 2.07. The fraction of sp³-hybridized carbons (Fsp3) is 0.500. The first-order valence-electron chi connectivity index (χ1n) is 7.49. The molecular weight excluding hydrogens is 266 g/mol. The van der Waals surface area contributed by atoms with E-state index in [1.54, 1.807) is 9.80 Å². The molecule has 5 heteroatoms. The molecule has 5 nitrogen and oxygen atoms in total. The summed E-state index contributed by atoms with van der Waals surface area (Å²) in [6.45, 7) is 6.25. The molecule has 1 aromatic rings. The first-order chi connectivity index (χ1) is 10.2. The van der Waals surface area contributed by atoms with Crippen LogP contribution in [-0.4, -0.2) is 54.3 Å². The molecule has 0 aromatic heterocycles. The van der Waals surface area contributed by atoms with Crippen LogP contribution < -0.4 is 5.32 Å². The number of piperazine rings is 1. The summed E-state index contributed by atoms with van der Waals surface area (Å²) >= 11 is 0. The molecule has 21 heavy (non-hydrogen) atoms. The Morgan fingerprint density at radius 2 is 1.67 bits per heavy atom. The molecule has 1 atom stereocenters. The van der Waals surface area contributed by atoms with Crippen molar-refractivity contribution in [2.24, 2.45) is 0 Å². The number of hydrogen-bond acceptors (Lipinski definition) is 3. The molecule has 1 aliphatic rings. The Morgan fingerprint density at radius 3 is 2.29 bits per heavy atom. The zero-order valence-corrected chi connectivity index (χ0v) is 12.7. The Morgan fingerprint density at radius 1 is 1.05 bits per heavy atom. The van der Waals surface area contributed by atoms with Crippen molar-refractivity contribution in [3.05, 3.63) is 35.9 Å². The lowest BCUT2D eigenvalue weighted by Crippen LogP contribution is -2.55. The van der Waals surface area contributed by atoms with Gasteiger partial charge in [0.05, 0.1) is 13.1 Å².